The molecule has 1 aromatic heterocycles. The third-order valence-electron chi connectivity index (χ3n) is 1.93. The molecule has 2 aromatic rings. The Morgan fingerprint density at radius 3 is 2.67 bits per heavy atom. The van der Waals surface area contributed by atoms with Gasteiger partial charge in [-0.1, -0.05) is 24.3 Å². The standard InChI is InChI=1S/C11H10N2O2/c14-7-1-2-9-3-5-10(6-4-9)11-13-12-8-15-11/h1-6,8,14H,7H2/b2-1+. The molecular formula is C11H10N2O2. The van der Waals surface area contributed by atoms with Crippen molar-refractivity contribution in [1.29, 1.82) is 0 Å². The molecule has 1 heterocycles. The lowest BCUT2D eigenvalue weighted by atomic mass is 10.1. The average molecular weight is 202 g/mol. The molecule has 15 heavy (non-hydrogen) atoms. The summed E-state index contributed by atoms with van der Waals surface area (Å²) in [7, 11) is 0. The number of aliphatic hydroxyl groups excluding tert-OH is 1. The van der Waals surface area contributed by atoms with Gasteiger partial charge in [0.1, 0.15) is 0 Å². The van der Waals surface area contributed by atoms with E-state index in [-0.39, 0.29) is 6.61 Å². The molecule has 1 aromatic carbocycles. The molecule has 0 amide bonds. The summed E-state index contributed by atoms with van der Waals surface area (Å²) in [5.41, 5.74) is 1.90. The molecule has 0 atom stereocenters. The van der Waals surface area contributed by atoms with E-state index in [0.717, 1.165) is 11.1 Å². The molecule has 0 saturated heterocycles. The molecule has 1 N–H and O–H groups in total. The summed E-state index contributed by atoms with van der Waals surface area (Å²) in [6.45, 7) is 0.0470. The highest BCUT2D eigenvalue weighted by Crippen LogP contribution is 2.16. The van der Waals surface area contributed by atoms with Crippen LogP contribution in [-0.2, 0) is 0 Å². The monoisotopic (exact) mass is 202 g/mol. The summed E-state index contributed by atoms with van der Waals surface area (Å²) in [5.74, 6) is 0.507. The lowest BCUT2D eigenvalue weighted by molar-refractivity contribution is 0.343. The van der Waals surface area contributed by atoms with Crippen molar-refractivity contribution in [2.75, 3.05) is 6.61 Å². The molecule has 4 nitrogen and oxygen atoms in total. The van der Waals surface area contributed by atoms with Crippen molar-refractivity contribution in [1.82, 2.24) is 10.2 Å². The van der Waals surface area contributed by atoms with Crippen molar-refractivity contribution in [3.63, 3.8) is 0 Å². The Morgan fingerprint density at radius 1 is 1.27 bits per heavy atom. The van der Waals surface area contributed by atoms with Crippen molar-refractivity contribution in [3.8, 4) is 11.5 Å². The minimum absolute atomic E-state index is 0.0470. The van der Waals surface area contributed by atoms with Crippen LogP contribution in [0.2, 0.25) is 0 Å². The summed E-state index contributed by atoms with van der Waals surface area (Å²) < 4.78 is 5.06. The highest BCUT2D eigenvalue weighted by Gasteiger charge is 2.01. The topological polar surface area (TPSA) is 59.2 Å². The van der Waals surface area contributed by atoms with E-state index in [0.29, 0.717) is 5.89 Å². The van der Waals surface area contributed by atoms with E-state index in [4.69, 9.17) is 9.52 Å². The van der Waals surface area contributed by atoms with Gasteiger partial charge >= 0.3 is 0 Å². The first-order chi connectivity index (χ1) is 7.40. The second-order valence-electron chi connectivity index (χ2n) is 2.95. The number of hydrogen-bond acceptors (Lipinski definition) is 4. The van der Waals surface area contributed by atoms with Crippen LogP contribution < -0.4 is 0 Å². The molecule has 0 radical (unpaired) electrons. The number of rotatable bonds is 3. The first-order valence-corrected chi connectivity index (χ1v) is 4.54. The smallest absolute Gasteiger partial charge is 0.247 e. The van der Waals surface area contributed by atoms with E-state index < -0.39 is 0 Å². The maximum Gasteiger partial charge on any atom is 0.247 e. The summed E-state index contributed by atoms with van der Waals surface area (Å²) in [4.78, 5) is 0. The summed E-state index contributed by atoms with van der Waals surface area (Å²) in [5, 5.41) is 16.0. The molecule has 0 aliphatic heterocycles. The molecule has 0 aliphatic rings. The van der Waals surface area contributed by atoms with E-state index in [2.05, 4.69) is 10.2 Å². The van der Waals surface area contributed by atoms with E-state index in [1.54, 1.807) is 6.08 Å². The average Bonchev–Trinajstić information content (AvgIpc) is 2.80. The molecule has 0 aliphatic carbocycles. The van der Waals surface area contributed by atoms with Gasteiger partial charge in [-0.2, -0.15) is 0 Å². The minimum Gasteiger partial charge on any atom is -0.423 e. The number of hydrogen-bond donors (Lipinski definition) is 1. The summed E-state index contributed by atoms with van der Waals surface area (Å²) >= 11 is 0. The summed E-state index contributed by atoms with van der Waals surface area (Å²) in [6.07, 6.45) is 4.83. The number of aromatic nitrogens is 2. The van der Waals surface area contributed by atoms with Crippen LogP contribution >= 0.6 is 0 Å². The number of aliphatic hydroxyl groups is 1. The third kappa shape index (κ3) is 2.30. The van der Waals surface area contributed by atoms with Crippen LogP contribution in [0.4, 0.5) is 0 Å². The van der Waals surface area contributed by atoms with E-state index in [1.807, 2.05) is 30.3 Å². The van der Waals surface area contributed by atoms with Crippen LogP contribution in [0.25, 0.3) is 17.5 Å². The fraction of sp³-hybridized carbons (Fsp3) is 0.0909. The Kier molecular flexibility index (Phi) is 2.90. The maximum absolute atomic E-state index is 8.61. The van der Waals surface area contributed by atoms with Crippen molar-refractivity contribution >= 4 is 6.08 Å². The summed E-state index contributed by atoms with van der Waals surface area (Å²) in [6, 6.07) is 7.63. The van der Waals surface area contributed by atoms with Gasteiger partial charge in [-0.3, -0.25) is 0 Å². The molecule has 76 valence electrons. The van der Waals surface area contributed by atoms with E-state index >= 15 is 0 Å². The highest BCUT2D eigenvalue weighted by atomic mass is 16.4. The van der Waals surface area contributed by atoms with Crippen LogP contribution in [-0.4, -0.2) is 21.9 Å². The van der Waals surface area contributed by atoms with E-state index in [1.165, 1.54) is 6.39 Å². The first kappa shape index (κ1) is 9.61. The Labute approximate surface area is 86.9 Å². The lowest BCUT2D eigenvalue weighted by Gasteiger charge is -1.95. The second-order valence-corrected chi connectivity index (χ2v) is 2.95. The van der Waals surface area contributed by atoms with Gasteiger partial charge in [0, 0.05) is 5.56 Å². The van der Waals surface area contributed by atoms with Crippen LogP contribution in [0, 0.1) is 0 Å². The van der Waals surface area contributed by atoms with Crippen molar-refractivity contribution in [3.05, 3.63) is 42.3 Å². The minimum atomic E-state index is 0.0470. The third-order valence-corrected chi connectivity index (χ3v) is 1.93. The van der Waals surface area contributed by atoms with Gasteiger partial charge in [-0.25, -0.2) is 0 Å². The Hall–Kier alpha value is -1.94. The quantitative estimate of drug-likeness (QED) is 0.823. The molecule has 0 spiro atoms. The zero-order chi connectivity index (χ0) is 10.5. The van der Waals surface area contributed by atoms with Gasteiger partial charge < -0.3 is 9.52 Å². The molecule has 0 fully saturated rings. The van der Waals surface area contributed by atoms with Crippen LogP contribution in [0.1, 0.15) is 5.56 Å². The fourth-order valence-electron chi connectivity index (χ4n) is 1.22. The SMILES string of the molecule is OC/C=C/c1ccc(-c2nnco2)cc1. The van der Waals surface area contributed by atoms with Crippen LogP contribution in [0.5, 0.6) is 0 Å². The van der Waals surface area contributed by atoms with Gasteiger partial charge in [-0.15, -0.1) is 10.2 Å². The van der Waals surface area contributed by atoms with E-state index in [9.17, 15) is 0 Å². The molecule has 4 heteroatoms. The van der Waals surface area contributed by atoms with Gasteiger partial charge in [0.15, 0.2) is 0 Å². The van der Waals surface area contributed by atoms with Gasteiger partial charge in [0.25, 0.3) is 0 Å². The molecular weight excluding hydrogens is 192 g/mol. The van der Waals surface area contributed by atoms with Gasteiger partial charge in [0.2, 0.25) is 12.3 Å². The maximum atomic E-state index is 8.61. The fourth-order valence-corrected chi connectivity index (χ4v) is 1.22. The van der Waals surface area contributed by atoms with Crippen molar-refractivity contribution in [2.24, 2.45) is 0 Å². The lowest BCUT2D eigenvalue weighted by Crippen LogP contribution is -1.79. The second kappa shape index (κ2) is 4.52. The zero-order valence-electron chi connectivity index (χ0n) is 8.00. The number of benzene rings is 1. The van der Waals surface area contributed by atoms with Crippen LogP contribution in [0.15, 0.2) is 41.2 Å². The van der Waals surface area contributed by atoms with Crippen LogP contribution in [0.3, 0.4) is 0 Å². The molecule has 0 unspecified atom stereocenters. The van der Waals surface area contributed by atoms with Crippen molar-refractivity contribution in [2.45, 2.75) is 0 Å². The van der Waals surface area contributed by atoms with Crippen molar-refractivity contribution < 1.29 is 9.52 Å². The normalized spacial score (nSPS) is 11.0. The molecule has 0 saturated carbocycles. The predicted molar refractivity (Wildman–Crippen MR) is 55.9 cm³/mol. The molecule has 2 rings (SSSR count). The first-order valence-electron chi connectivity index (χ1n) is 4.54. The number of nitrogens with zero attached hydrogens (tertiary/aromatic N) is 2. The Bertz CT molecular complexity index is 432. The van der Waals surface area contributed by atoms with Gasteiger partial charge in [0.05, 0.1) is 6.61 Å². The predicted octanol–water partition coefficient (Wildman–Crippen LogP) is 1.74. The van der Waals surface area contributed by atoms with Gasteiger partial charge in [-0.05, 0) is 17.7 Å². The highest BCUT2D eigenvalue weighted by molar-refractivity contribution is 5.58. The Morgan fingerprint density at radius 2 is 2.07 bits per heavy atom. The largest absolute Gasteiger partial charge is 0.423 e. The molecule has 0 bridgehead atoms. The zero-order valence-corrected chi connectivity index (χ0v) is 8.00. The Balaban J connectivity index is 2.21.